The molecule has 1 heterocycles. The predicted molar refractivity (Wildman–Crippen MR) is 63.8 cm³/mol. The van der Waals surface area contributed by atoms with E-state index in [-0.39, 0.29) is 0 Å². The van der Waals surface area contributed by atoms with Crippen LogP contribution in [-0.4, -0.2) is 19.9 Å². The van der Waals surface area contributed by atoms with Crippen molar-refractivity contribution >= 4 is 15.0 Å². The number of nitrogens with zero attached hydrogens (tertiary/aromatic N) is 1. The van der Waals surface area contributed by atoms with Gasteiger partial charge in [0.1, 0.15) is 0 Å². The molecule has 0 aliphatic carbocycles. The Morgan fingerprint density at radius 3 is 2.07 bits per heavy atom. The standard InChI is InChI=1S/C13H13NSe/c1-2-4-12(5-3-1)10-15-11-13-6-8-14-9-7-13/h1-9H,10-11H2. The summed E-state index contributed by atoms with van der Waals surface area (Å²) >= 11 is 0.655. The third-order valence-electron chi connectivity index (χ3n) is 2.13. The zero-order valence-corrected chi connectivity index (χ0v) is 10.2. The van der Waals surface area contributed by atoms with Crippen LogP contribution < -0.4 is 0 Å². The van der Waals surface area contributed by atoms with Gasteiger partial charge in [0.25, 0.3) is 0 Å². The summed E-state index contributed by atoms with van der Waals surface area (Å²) in [5.74, 6) is 0. The molecule has 0 fully saturated rings. The number of hydrogen-bond acceptors (Lipinski definition) is 1. The minimum absolute atomic E-state index is 0.655. The van der Waals surface area contributed by atoms with Crippen molar-refractivity contribution < 1.29 is 0 Å². The summed E-state index contributed by atoms with van der Waals surface area (Å²) in [6.45, 7) is 0. The second-order valence-corrected chi connectivity index (χ2v) is 5.40. The van der Waals surface area contributed by atoms with Gasteiger partial charge in [-0.2, -0.15) is 0 Å². The van der Waals surface area contributed by atoms with E-state index < -0.39 is 0 Å². The molecule has 0 spiro atoms. The average Bonchev–Trinajstić information content (AvgIpc) is 2.32. The number of rotatable bonds is 4. The molecule has 1 aromatic carbocycles. The van der Waals surface area contributed by atoms with Crippen molar-refractivity contribution in [2.45, 2.75) is 10.6 Å². The van der Waals surface area contributed by atoms with Crippen LogP contribution in [0, 0.1) is 0 Å². The first-order valence-corrected chi connectivity index (χ1v) is 7.38. The van der Waals surface area contributed by atoms with Gasteiger partial charge >= 0.3 is 96.6 Å². The van der Waals surface area contributed by atoms with Gasteiger partial charge < -0.3 is 0 Å². The van der Waals surface area contributed by atoms with E-state index in [1.165, 1.54) is 21.8 Å². The van der Waals surface area contributed by atoms with Gasteiger partial charge in [0.2, 0.25) is 0 Å². The Morgan fingerprint density at radius 2 is 1.40 bits per heavy atom. The topological polar surface area (TPSA) is 12.9 Å². The quantitative estimate of drug-likeness (QED) is 0.771. The Balaban J connectivity index is 1.81. The van der Waals surface area contributed by atoms with Gasteiger partial charge in [0.05, 0.1) is 0 Å². The fourth-order valence-electron chi connectivity index (χ4n) is 1.34. The summed E-state index contributed by atoms with van der Waals surface area (Å²) in [6.07, 6.45) is 3.74. The first-order valence-electron chi connectivity index (χ1n) is 4.96. The van der Waals surface area contributed by atoms with Gasteiger partial charge in [-0.3, -0.25) is 0 Å². The van der Waals surface area contributed by atoms with E-state index in [0.29, 0.717) is 15.0 Å². The molecule has 0 atom stereocenters. The molecule has 0 amide bonds. The third-order valence-corrected chi connectivity index (χ3v) is 4.38. The summed E-state index contributed by atoms with van der Waals surface area (Å²) in [6, 6.07) is 14.9. The summed E-state index contributed by atoms with van der Waals surface area (Å²) < 4.78 is 0. The first kappa shape index (κ1) is 10.4. The van der Waals surface area contributed by atoms with Crippen LogP contribution in [0.15, 0.2) is 54.9 Å². The molecule has 0 radical (unpaired) electrons. The molecule has 0 N–H and O–H groups in total. The van der Waals surface area contributed by atoms with E-state index in [9.17, 15) is 0 Å². The second-order valence-electron chi connectivity index (χ2n) is 3.33. The van der Waals surface area contributed by atoms with Crippen molar-refractivity contribution in [3.05, 3.63) is 66.0 Å². The van der Waals surface area contributed by atoms with Crippen LogP contribution in [0.1, 0.15) is 11.1 Å². The van der Waals surface area contributed by atoms with E-state index in [4.69, 9.17) is 0 Å². The van der Waals surface area contributed by atoms with Crippen molar-refractivity contribution in [1.82, 2.24) is 4.98 Å². The molecule has 1 aromatic heterocycles. The Labute approximate surface area is 96.7 Å². The van der Waals surface area contributed by atoms with Crippen molar-refractivity contribution in [3.63, 3.8) is 0 Å². The van der Waals surface area contributed by atoms with E-state index in [1.807, 2.05) is 12.4 Å². The zero-order valence-electron chi connectivity index (χ0n) is 8.47. The Morgan fingerprint density at radius 1 is 0.800 bits per heavy atom. The fraction of sp³-hybridized carbons (Fsp3) is 0.154. The van der Waals surface area contributed by atoms with Crippen LogP contribution in [0.5, 0.6) is 0 Å². The van der Waals surface area contributed by atoms with E-state index in [1.54, 1.807) is 0 Å². The average molecular weight is 262 g/mol. The van der Waals surface area contributed by atoms with Gasteiger partial charge in [-0.15, -0.1) is 0 Å². The van der Waals surface area contributed by atoms with E-state index >= 15 is 0 Å². The number of hydrogen-bond donors (Lipinski definition) is 0. The molecule has 0 saturated carbocycles. The number of pyridine rings is 1. The van der Waals surface area contributed by atoms with Crippen LogP contribution in [0.3, 0.4) is 0 Å². The molecule has 2 rings (SSSR count). The van der Waals surface area contributed by atoms with Gasteiger partial charge in [0.15, 0.2) is 0 Å². The summed E-state index contributed by atoms with van der Waals surface area (Å²) in [5, 5.41) is 2.42. The molecule has 2 heteroatoms. The first-order chi connectivity index (χ1) is 7.45. The van der Waals surface area contributed by atoms with Gasteiger partial charge in [-0.25, -0.2) is 0 Å². The maximum absolute atomic E-state index is 4.02. The summed E-state index contributed by atoms with van der Waals surface area (Å²) in [7, 11) is 0. The summed E-state index contributed by atoms with van der Waals surface area (Å²) in [4.78, 5) is 4.02. The van der Waals surface area contributed by atoms with Crippen LogP contribution in [0.4, 0.5) is 0 Å². The van der Waals surface area contributed by atoms with Crippen molar-refractivity contribution in [1.29, 1.82) is 0 Å². The van der Waals surface area contributed by atoms with Crippen LogP contribution >= 0.6 is 0 Å². The SMILES string of the molecule is c1ccc(C[Se]Cc2ccncc2)cc1. The molecule has 2 aromatic rings. The maximum atomic E-state index is 4.02. The van der Waals surface area contributed by atoms with Crippen LogP contribution in [-0.2, 0) is 10.6 Å². The molecule has 1 nitrogen and oxygen atoms in total. The summed E-state index contributed by atoms with van der Waals surface area (Å²) in [5.41, 5.74) is 2.85. The fourth-order valence-corrected chi connectivity index (χ4v) is 3.35. The molecule has 76 valence electrons. The molecule has 0 unspecified atom stereocenters. The van der Waals surface area contributed by atoms with Crippen molar-refractivity contribution in [2.24, 2.45) is 0 Å². The Kier molecular flexibility index (Phi) is 3.95. The van der Waals surface area contributed by atoms with E-state index in [2.05, 4.69) is 47.4 Å². The Hall–Kier alpha value is -1.11. The second kappa shape index (κ2) is 5.69. The molecule has 0 aliphatic heterocycles. The number of aromatic nitrogens is 1. The van der Waals surface area contributed by atoms with E-state index in [0.717, 1.165) is 0 Å². The normalized spacial score (nSPS) is 10.1. The van der Waals surface area contributed by atoms with Crippen molar-refractivity contribution in [3.8, 4) is 0 Å². The molecule has 0 bridgehead atoms. The Bertz CT molecular complexity index is 346. The van der Waals surface area contributed by atoms with Gasteiger partial charge in [-0.05, 0) is 0 Å². The third kappa shape index (κ3) is 3.50. The van der Waals surface area contributed by atoms with Gasteiger partial charge in [0, 0.05) is 0 Å². The molecule has 15 heavy (non-hydrogen) atoms. The number of benzene rings is 1. The van der Waals surface area contributed by atoms with Gasteiger partial charge in [-0.1, -0.05) is 0 Å². The molecule has 0 aliphatic rings. The minimum atomic E-state index is 0.655. The van der Waals surface area contributed by atoms with Crippen molar-refractivity contribution in [2.75, 3.05) is 0 Å². The van der Waals surface area contributed by atoms with Crippen LogP contribution in [0.2, 0.25) is 0 Å². The monoisotopic (exact) mass is 263 g/mol. The van der Waals surface area contributed by atoms with Crippen LogP contribution in [0.25, 0.3) is 0 Å². The zero-order chi connectivity index (χ0) is 10.3. The molecular formula is C13H13NSe. The molecule has 0 saturated heterocycles. The molecular weight excluding hydrogens is 249 g/mol. The predicted octanol–water partition coefficient (Wildman–Crippen LogP) is 2.49.